The zero-order valence-corrected chi connectivity index (χ0v) is 12.1. The molecule has 1 aliphatic rings. The van der Waals surface area contributed by atoms with Crippen molar-refractivity contribution >= 4 is 34.6 Å². The molecule has 100 valence electrons. The molecule has 1 saturated heterocycles. The number of benzene rings is 1. The van der Waals surface area contributed by atoms with Crippen LogP contribution in [0.25, 0.3) is 0 Å². The molecule has 1 aromatic rings. The van der Waals surface area contributed by atoms with E-state index in [0.29, 0.717) is 21.7 Å². The fraction of sp³-hybridized carbons (Fsp3) is 0.538. The second kappa shape index (κ2) is 6.00. The van der Waals surface area contributed by atoms with Crippen molar-refractivity contribution in [3.05, 3.63) is 22.2 Å². The number of nitrogen functional groups attached to an aromatic ring is 1. The van der Waals surface area contributed by atoms with E-state index in [1.807, 2.05) is 0 Å². The van der Waals surface area contributed by atoms with Crippen LogP contribution in [0.3, 0.4) is 0 Å². The van der Waals surface area contributed by atoms with Gasteiger partial charge in [0, 0.05) is 18.8 Å². The third-order valence-corrected chi connectivity index (χ3v) is 4.05. The summed E-state index contributed by atoms with van der Waals surface area (Å²) < 4.78 is 0. The zero-order chi connectivity index (χ0) is 13.1. The Morgan fingerprint density at radius 1 is 1.39 bits per heavy atom. The summed E-state index contributed by atoms with van der Waals surface area (Å²) in [5.74, 6) is 0.662. The van der Waals surface area contributed by atoms with E-state index >= 15 is 0 Å². The number of halogens is 2. The van der Waals surface area contributed by atoms with E-state index in [2.05, 4.69) is 17.1 Å². The van der Waals surface area contributed by atoms with Gasteiger partial charge in [-0.15, -0.1) is 0 Å². The number of nitrogens with two attached hydrogens (primary N) is 1. The molecule has 1 heterocycles. The van der Waals surface area contributed by atoms with Crippen LogP contribution >= 0.6 is 23.2 Å². The lowest BCUT2D eigenvalue weighted by Gasteiger charge is -2.16. The van der Waals surface area contributed by atoms with Crippen LogP contribution in [0.1, 0.15) is 13.3 Å². The Morgan fingerprint density at radius 3 is 2.61 bits per heavy atom. The van der Waals surface area contributed by atoms with Crippen LogP contribution in [0.4, 0.5) is 11.4 Å². The molecule has 1 fully saturated rings. The molecule has 1 unspecified atom stereocenters. The highest BCUT2D eigenvalue weighted by atomic mass is 35.5. The number of nitrogens with one attached hydrogen (secondary N) is 1. The second-order valence-electron chi connectivity index (χ2n) is 4.79. The van der Waals surface area contributed by atoms with Gasteiger partial charge in [-0.2, -0.15) is 0 Å². The van der Waals surface area contributed by atoms with Crippen molar-refractivity contribution in [2.24, 2.45) is 5.92 Å². The lowest BCUT2D eigenvalue weighted by molar-refractivity contribution is 0.345. The number of hydrogen-bond acceptors (Lipinski definition) is 3. The molecular formula is C13H19Cl2N3. The molecule has 1 aromatic carbocycles. The molecule has 1 atom stereocenters. The largest absolute Gasteiger partial charge is 0.399 e. The van der Waals surface area contributed by atoms with Gasteiger partial charge in [-0.1, -0.05) is 30.1 Å². The average molecular weight is 288 g/mol. The summed E-state index contributed by atoms with van der Waals surface area (Å²) >= 11 is 12.3. The second-order valence-corrected chi connectivity index (χ2v) is 5.60. The molecule has 0 spiro atoms. The molecule has 2 rings (SSSR count). The van der Waals surface area contributed by atoms with E-state index < -0.39 is 0 Å². The summed E-state index contributed by atoms with van der Waals surface area (Å²) in [7, 11) is 0. The van der Waals surface area contributed by atoms with E-state index in [-0.39, 0.29) is 0 Å². The molecule has 0 bridgehead atoms. The van der Waals surface area contributed by atoms with Crippen molar-refractivity contribution in [3.8, 4) is 0 Å². The van der Waals surface area contributed by atoms with Gasteiger partial charge in [0.15, 0.2) is 0 Å². The van der Waals surface area contributed by atoms with E-state index in [1.54, 1.807) is 12.1 Å². The third-order valence-electron chi connectivity index (χ3n) is 3.45. The monoisotopic (exact) mass is 287 g/mol. The van der Waals surface area contributed by atoms with Crippen LogP contribution < -0.4 is 11.1 Å². The van der Waals surface area contributed by atoms with Gasteiger partial charge < -0.3 is 16.0 Å². The minimum absolute atomic E-state index is 0.588. The minimum Gasteiger partial charge on any atom is -0.399 e. The summed E-state index contributed by atoms with van der Waals surface area (Å²) in [5, 5.41) is 4.53. The van der Waals surface area contributed by atoms with Crippen molar-refractivity contribution in [2.45, 2.75) is 13.3 Å². The smallest absolute Gasteiger partial charge is 0.0720 e. The highest BCUT2D eigenvalue weighted by Gasteiger charge is 2.21. The first kappa shape index (κ1) is 13.8. The Balaban J connectivity index is 1.95. The summed E-state index contributed by atoms with van der Waals surface area (Å²) in [5.41, 5.74) is 7.06. The van der Waals surface area contributed by atoms with Crippen LogP contribution in [-0.4, -0.2) is 31.1 Å². The highest BCUT2D eigenvalue weighted by Crippen LogP contribution is 2.33. The van der Waals surface area contributed by atoms with Crippen molar-refractivity contribution in [1.29, 1.82) is 0 Å². The predicted molar refractivity (Wildman–Crippen MR) is 79.6 cm³/mol. The molecular weight excluding hydrogens is 269 g/mol. The fourth-order valence-corrected chi connectivity index (χ4v) is 3.01. The van der Waals surface area contributed by atoms with Gasteiger partial charge in [0.2, 0.25) is 0 Å². The quantitative estimate of drug-likeness (QED) is 0.835. The Bertz CT molecular complexity index is 400. The number of likely N-dealkylation sites (tertiary alicyclic amines) is 1. The van der Waals surface area contributed by atoms with Gasteiger partial charge >= 0.3 is 0 Å². The summed E-state index contributed by atoms with van der Waals surface area (Å²) in [6.45, 7) is 6.56. The molecule has 0 radical (unpaired) electrons. The summed E-state index contributed by atoms with van der Waals surface area (Å²) in [6.07, 6.45) is 1.23. The maximum absolute atomic E-state index is 6.14. The molecule has 0 aromatic heterocycles. The van der Waals surface area contributed by atoms with Crippen LogP contribution in [0, 0.1) is 5.92 Å². The summed E-state index contributed by atoms with van der Waals surface area (Å²) in [4.78, 5) is 2.46. The number of rotatable bonds is 4. The molecule has 0 amide bonds. The van der Waals surface area contributed by atoms with Crippen molar-refractivity contribution in [3.63, 3.8) is 0 Å². The van der Waals surface area contributed by atoms with Gasteiger partial charge in [-0.05, 0) is 37.6 Å². The van der Waals surface area contributed by atoms with Gasteiger partial charge in [-0.25, -0.2) is 0 Å². The third kappa shape index (κ3) is 3.22. The number of hydrogen-bond donors (Lipinski definition) is 2. The molecule has 1 aliphatic heterocycles. The van der Waals surface area contributed by atoms with Crippen LogP contribution in [-0.2, 0) is 0 Å². The minimum atomic E-state index is 0.588. The molecule has 3 nitrogen and oxygen atoms in total. The van der Waals surface area contributed by atoms with Crippen LogP contribution in [0.5, 0.6) is 0 Å². The number of nitrogens with zero attached hydrogens (tertiary/aromatic N) is 1. The first-order valence-corrected chi connectivity index (χ1v) is 7.06. The van der Waals surface area contributed by atoms with Crippen molar-refractivity contribution in [1.82, 2.24) is 4.90 Å². The molecule has 5 heteroatoms. The Kier molecular flexibility index (Phi) is 4.60. The SMILES string of the molecule is CCN1CCC(CNc2c(Cl)cc(N)cc2Cl)C1. The van der Waals surface area contributed by atoms with Gasteiger partial charge in [0.05, 0.1) is 15.7 Å². The normalized spacial score (nSPS) is 20.3. The van der Waals surface area contributed by atoms with E-state index in [4.69, 9.17) is 28.9 Å². The van der Waals surface area contributed by atoms with E-state index in [9.17, 15) is 0 Å². The maximum Gasteiger partial charge on any atom is 0.0720 e. The topological polar surface area (TPSA) is 41.3 Å². The van der Waals surface area contributed by atoms with Crippen LogP contribution in [0.15, 0.2) is 12.1 Å². The van der Waals surface area contributed by atoms with E-state index in [0.717, 1.165) is 25.3 Å². The van der Waals surface area contributed by atoms with Gasteiger partial charge in [-0.3, -0.25) is 0 Å². The lowest BCUT2D eigenvalue weighted by atomic mass is 10.1. The highest BCUT2D eigenvalue weighted by molar-refractivity contribution is 6.39. The standard InChI is InChI=1S/C13H19Cl2N3/c1-2-18-4-3-9(8-18)7-17-13-11(14)5-10(16)6-12(13)15/h5-6,9,17H,2-4,7-8,16H2,1H3. The lowest BCUT2D eigenvalue weighted by Crippen LogP contribution is -2.22. The molecule has 0 aliphatic carbocycles. The van der Waals surface area contributed by atoms with Gasteiger partial charge in [0.1, 0.15) is 0 Å². The van der Waals surface area contributed by atoms with Crippen molar-refractivity contribution < 1.29 is 0 Å². The average Bonchev–Trinajstić information content (AvgIpc) is 2.75. The Hall–Kier alpha value is -0.640. The maximum atomic E-state index is 6.14. The first-order chi connectivity index (χ1) is 8.60. The zero-order valence-electron chi connectivity index (χ0n) is 10.5. The van der Waals surface area contributed by atoms with Crippen molar-refractivity contribution in [2.75, 3.05) is 37.2 Å². The molecule has 18 heavy (non-hydrogen) atoms. The molecule has 3 N–H and O–H groups in total. The molecule has 0 saturated carbocycles. The summed E-state index contributed by atoms with van der Waals surface area (Å²) in [6, 6.07) is 3.45. The Morgan fingerprint density at radius 2 is 2.06 bits per heavy atom. The van der Waals surface area contributed by atoms with Crippen LogP contribution in [0.2, 0.25) is 10.0 Å². The van der Waals surface area contributed by atoms with Gasteiger partial charge in [0.25, 0.3) is 0 Å². The first-order valence-electron chi connectivity index (χ1n) is 6.31. The number of anilines is 2. The fourth-order valence-electron chi connectivity index (χ4n) is 2.37. The van der Waals surface area contributed by atoms with E-state index in [1.165, 1.54) is 13.0 Å². The Labute approximate surface area is 118 Å². The predicted octanol–water partition coefficient (Wildman–Crippen LogP) is 3.33.